The summed E-state index contributed by atoms with van der Waals surface area (Å²) in [5, 5.41) is 0. The second-order valence-corrected chi connectivity index (χ2v) is 3.02. The average molecular weight is 168 g/mol. The Morgan fingerprint density at radius 2 is 2.00 bits per heavy atom. The van der Waals surface area contributed by atoms with Crippen LogP contribution in [0.3, 0.4) is 0 Å². The van der Waals surface area contributed by atoms with Crippen LogP contribution in [0.2, 0.25) is 0 Å². The molecule has 0 aliphatic heterocycles. The monoisotopic (exact) mass is 168 g/mol. The highest BCUT2D eigenvalue weighted by molar-refractivity contribution is 5.48. The van der Waals surface area contributed by atoms with Crippen molar-refractivity contribution >= 4 is 5.69 Å². The number of hydrogen-bond donors (Lipinski definition) is 2. The van der Waals surface area contributed by atoms with Crippen molar-refractivity contribution in [3.8, 4) is 0 Å². The van der Waals surface area contributed by atoms with E-state index >= 15 is 0 Å². The molecule has 1 rings (SSSR count). The average Bonchev–Trinajstić information content (AvgIpc) is 1.96. The quantitative estimate of drug-likeness (QED) is 0.627. The molecule has 0 saturated heterocycles. The summed E-state index contributed by atoms with van der Waals surface area (Å²) >= 11 is 0. The van der Waals surface area contributed by atoms with E-state index in [-0.39, 0.29) is 11.9 Å². The van der Waals surface area contributed by atoms with E-state index in [1.54, 1.807) is 13.0 Å². The molecule has 0 heterocycles. The van der Waals surface area contributed by atoms with Crippen molar-refractivity contribution in [2.45, 2.75) is 19.9 Å². The first-order chi connectivity index (χ1) is 5.52. The lowest BCUT2D eigenvalue weighted by Crippen LogP contribution is -2.08. The van der Waals surface area contributed by atoms with Gasteiger partial charge in [0.2, 0.25) is 0 Å². The highest BCUT2D eigenvalue weighted by Gasteiger charge is 2.08. The lowest BCUT2D eigenvalue weighted by molar-refractivity contribution is 0.594. The third-order valence-corrected chi connectivity index (χ3v) is 1.88. The fourth-order valence-electron chi connectivity index (χ4n) is 1.07. The number of anilines is 1. The van der Waals surface area contributed by atoms with Crippen LogP contribution in [0.1, 0.15) is 24.1 Å². The summed E-state index contributed by atoms with van der Waals surface area (Å²) < 4.78 is 13.1. The first-order valence-electron chi connectivity index (χ1n) is 3.83. The Labute approximate surface area is 71.4 Å². The van der Waals surface area contributed by atoms with Gasteiger partial charge in [-0.3, -0.25) is 0 Å². The Hall–Kier alpha value is -1.09. The molecule has 0 aromatic heterocycles. The highest BCUT2D eigenvalue weighted by Crippen LogP contribution is 2.20. The summed E-state index contributed by atoms with van der Waals surface area (Å²) in [6.45, 7) is 3.58. The van der Waals surface area contributed by atoms with Gasteiger partial charge in [0.05, 0.1) is 0 Å². The molecule has 1 aromatic carbocycles. The largest absolute Gasteiger partial charge is 0.398 e. The Bertz CT molecular complexity index is 295. The molecule has 4 N–H and O–H groups in total. The minimum atomic E-state index is -0.326. The number of halogens is 1. The van der Waals surface area contributed by atoms with Crippen LogP contribution >= 0.6 is 0 Å². The second kappa shape index (κ2) is 3.11. The molecule has 1 aromatic rings. The molecule has 0 spiro atoms. The number of nitrogens with two attached hydrogens (primary N) is 2. The lowest BCUT2D eigenvalue weighted by Gasteiger charge is -2.09. The van der Waals surface area contributed by atoms with E-state index in [0.29, 0.717) is 11.3 Å². The third-order valence-electron chi connectivity index (χ3n) is 1.88. The Morgan fingerprint density at radius 3 is 2.50 bits per heavy atom. The summed E-state index contributed by atoms with van der Waals surface area (Å²) in [6.07, 6.45) is 0. The van der Waals surface area contributed by atoms with Crippen molar-refractivity contribution < 1.29 is 4.39 Å². The maximum Gasteiger partial charge on any atom is 0.130 e. The summed E-state index contributed by atoms with van der Waals surface area (Å²) in [5.74, 6) is -0.326. The van der Waals surface area contributed by atoms with Gasteiger partial charge >= 0.3 is 0 Å². The van der Waals surface area contributed by atoms with Crippen molar-refractivity contribution in [1.29, 1.82) is 0 Å². The second-order valence-electron chi connectivity index (χ2n) is 3.02. The Kier molecular flexibility index (Phi) is 2.33. The Balaban J connectivity index is 3.23. The molecule has 2 nitrogen and oxygen atoms in total. The van der Waals surface area contributed by atoms with Crippen LogP contribution in [-0.4, -0.2) is 0 Å². The SMILES string of the molecule is Cc1cc([C@@H](C)N)c(F)cc1N. The molecule has 0 amide bonds. The van der Waals surface area contributed by atoms with Crippen LogP contribution in [0.25, 0.3) is 0 Å². The van der Waals surface area contributed by atoms with E-state index in [2.05, 4.69) is 0 Å². The van der Waals surface area contributed by atoms with Crippen molar-refractivity contribution in [3.63, 3.8) is 0 Å². The lowest BCUT2D eigenvalue weighted by atomic mass is 10.0. The van der Waals surface area contributed by atoms with Gasteiger partial charge in [-0.1, -0.05) is 0 Å². The molecular weight excluding hydrogens is 155 g/mol. The zero-order valence-electron chi connectivity index (χ0n) is 7.26. The fourth-order valence-corrected chi connectivity index (χ4v) is 1.07. The zero-order valence-corrected chi connectivity index (χ0v) is 7.26. The van der Waals surface area contributed by atoms with Crippen LogP contribution in [0.4, 0.5) is 10.1 Å². The number of aryl methyl sites for hydroxylation is 1. The van der Waals surface area contributed by atoms with Crippen LogP contribution in [0, 0.1) is 12.7 Å². The summed E-state index contributed by atoms with van der Waals surface area (Å²) in [6, 6.07) is 2.72. The number of hydrogen-bond acceptors (Lipinski definition) is 2. The third kappa shape index (κ3) is 1.56. The number of nitrogen functional groups attached to an aromatic ring is 1. The maximum absolute atomic E-state index is 13.1. The maximum atomic E-state index is 13.1. The minimum absolute atomic E-state index is 0.288. The van der Waals surface area contributed by atoms with E-state index < -0.39 is 0 Å². The highest BCUT2D eigenvalue weighted by atomic mass is 19.1. The van der Waals surface area contributed by atoms with Gasteiger partial charge in [-0.15, -0.1) is 0 Å². The molecule has 66 valence electrons. The summed E-state index contributed by atoms with van der Waals surface area (Å²) in [5.41, 5.74) is 12.9. The first-order valence-corrected chi connectivity index (χ1v) is 3.83. The summed E-state index contributed by atoms with van der Waals surface area (Å²) in [4.78, 5) is 0. The van der Waals surface area contributed by atoms with Gasteiger partial charge in [0, 0.05) is 17.3 Å². The van der Waals surface area contributed by atoms with Gasteiger partial charge in [0.15, 0.2) is 0 Å². The van der Waals surface area contributed by atoms with E-state index in [0.717, 1.165) is 5.56 Å². The number of benzene rings is 1. The van der Waals surface area contributed by atoms with Crippen LogP contribution in [-0.2, 0) is 0 Å². The minimum Gasteiger partial charge on any atom is -0.398 e. The zero-order chi connectivity index (χ0) is 9.30. The van der Waals surface area contributed by atoms with E-state index in [1.807, 2.05) is 6.92 Å². The molecule has 12 heavy (non-hydrogen) atoms. The molecule has 0 fully saturated rings. The van der Waals surface area contributed by atoms with Crippen molar-refractivity contribution in [1.82, 2.24) is 0 Å². The van der Waals surface area contributed by atoms with Crippen molar-refractivity contribution in [3.05, 3.63) is 29.1 Å². The molecule has 0 saturated carbocycles. The van der Waals surface area contributed by atoms with Crippen LogP contribution < -0.4 is 11.5 Å². The summed E-state index contributed by atoms with van der Waals surface area (Å²) in [7, 11) is 0. The predicted octanol–water partition coefficient (Wildman–Crippen LogP) is 1.74. The standard InChI is InChI=1S/C9H13FN2/c1-5-3-7(6(2)11)8(10)4-9(5)12/h3-4,6H,11-12H2,1-2H3/t6-/m1/s1. The molecule has 0 aliphatic carbocycles. The van der Waals surface area contributed by atoms with Gasteiger partial charge in [0.25, 0.3) is 0 Å². The molecule has 3 heteroatoms. The van der Waals surface area contributed by atoms with Gasteiger partial charge in [-0.2, -0.15) is 0 Å². The van der Waals surface area contributed by atoms with Crippen LogP contribution in [0.15, 0.2) is 12.1 Å². The molecule has 0 unspecified atom stereocenters. The van der Waals surface area contributed by atoms with Crippen LogP contribution in [0.5, 0.6) is 0 Å². The van der Waals surface area contributed by atoms with Gasteiger partial charge in [0.1, 0.15) is 5.82 Å². The topological polar surface area (TPSA) is 52.0 Å². The molecule has 0 radical (unpaired) electrons. The first kappa shape index (κ1) is 9.00. The molecule has 0 aliphatic rings. The predicted molar refractivity (Wildman–Crippen MR) is 48.2 cm³/mol. The van der Waals surface area contributed by atoms with E-state index in [9.17, 15) is 4.39 Å². The van der Waals surface area contributed by atoms with Crippen molar-refractivity contribution in [2.75, 3.05) is 5.73 Å². The molecular formula is C9H13FN2. The fraction of sp³-hybridized carbons (Fsp3) is 0.333. The molecule has 1 atom stereocenters. The van der Waals surface area contributed by atoms with Gasteiger partial charge in [-0.05, 0) is 31.5 Å². The smallest absolute Gasteiger partial charge is 0.130 e. The van der Waals surface area contributed by atoms with E-state index in [4.69, 9.17) is 11.5 Å². The van der Waals surface area contributed by atoms with E-state index in [1.165, 1.54) is 6.07 Å². The van der Waals surface area contributed by atoms with Gasteiger partial charge in [-0.25, -0.2) is 4.39 Å². The van der Waals surface area contributed by atoms with Gasteiger partial charge < -0.3 is 11.5 Å². The Morgan fingerprint density at radius 1 is 1.42 bits per heavy atom. The number of rotatable bonds is 1. The normalized spacial score (nSPS) is 13.0. The molecule has 0 bridgehead atoms. The van der Waals surface area contributed by atoms with Crippen molar-refractivity contribution in [2.24, 2.45) is 5.73 Å².